The van der Waals surface area contributed by atoms with Crippen molar-refractivity contribution in [1.82, 2.24) is 35.7 Å². The van der Waals surface area contributed by atoms with E-state index >= 15 is 0 Å². The average molecular weight is 233 g/mol. The van der Waals surface area contributed by atoms with Crippen molar-refractivity contribution in [3.05, 3.63) is 23.3 Å². The van der Waals surface area contributed by atoms with Gasteiger partial charge in [0.2, 0.25) is 0 Å². The normalized spacial score (nSPS) is 19.2. The fourth-order valence-electron chi connectivity index (χ4n) is 2.39. The topological polar surface area (TPSA) is 84.3 Å². The second-order valence-corrected chi connectivity index (χ2v) is 4.32. The van der Waals surface area contributed by atoms with Crippen molar-refractivity contribution in [2.24, 2.45) is 7.05 Å². The number of H-pyrrole nitrogens is 1. The van der Waals surface area contributed by atoms with Gasteiger partial charge < -0.3 is 5.32 Å². The molecule has 2 N–H and O–H groups in total. The van der Waals surface area contributed by atoms with E-state index < -0.39 is 0 Å². The molecule has 0 aromatic carbocycles. The Morgan fingerprint density at radius 1 is 1.59 bits per heavy atom. The van der Waals surface area contributed by atoms with Crippen LogP contribution >= 0.6 is 0 Å². The molecule has 0 bridgehead atoms. The summed E-state index contributed by atoms with van der Waals surface area (Å²) < 4.78 is 1.97. The van der Waals surface area contributed by atoms with E-state index in [9.17, 15) is 0 Å². The van der Waals surface area contributed by atoms with Gasteiger partial charge in [0.15, 0.2) is 5.82 Å². The summed E-state index contributed by atoms with van der Waals surface area (Å²) >= 11 is 0. The number of rotatable bonds is 3. The summed E-state index contributed by atoms with van der Waals surface area (Å²) in [7, 11) is 2.00. The van der Waals surface area contributed by atoms with Crippen molar-refractivity contribution in [3.63, 3.8) is 0 Å². The van der Waals surface area contributed by atoms with Gasteiger partial charge in [-0.15, -0.1) is 10.2 Å². The molecule has 1 atom stereocenters. The van der Waals surface area contributed by atoms with E-state index in [0.717, 1.165) is 12.8 Å². The van der Waals surface area contributed by atoms with Gasteiger partial charge in [-0.2, -0.15) is 10.3 Å². The third-order valence-electron chi connectivity index (χ3n) is 3.27. The zero-order chi connectivity index (χ0) is 11.7. The lowest BCUT2D eigenvalue weighted by Crippen LogP contribution is -2.25. The molecule has 7 heteroatoms. The van der Waals surface area contributed by atoms with Gasteiger partial charge in [-0.05, 0) is 19.3 Å². The van der Waals surface area contributed by atoms with Crippen molar-refractivity contribution < 1.29 is 0 Å². The van der Waals surface area contributed by atoms with Crippen molar-refractivity contribution in [1.29, 1.82) is 0 Å². The van der Waals surface area contributed by atoms with Gasteiger partial charge in [0.25, 0.3) is 0 Å². The summed E-state index contributed by atoms with van der Waals surface area (Å²) in [6.45, 7) is 0.634. The summed E-state index contributed by atoms with van der Waals surface area (Å²) in [6, 6.07) is 0.353. The van der Waals surface area contributed by atoms with E-state index in [1.807, 2.05) is 17.9 Å². The molecule has 2 aromatic heterocycles. The quantitative estimate of drug-likeness (QED) is 0.785. The summed E-state index contributed by atoms with van der Waals surface area (Å²) in [6.07, 6.45) is 5.40. The maximum atomic E-state index is 4.32. The van der Waals surface area contributed by atoms with Gasteiger partial charge in [-0.3, -0.25) is 4.68 Å². The van der Waals surface area contributed by atoms with Crippen LogP contribution in [-0.4, -0.2) is 30.4 Å². The van der Waals surface area contributed by atoms with Crippen LogP contribution in [0.4, 0.5) is 0 Å². The molecule has 90 valence electrons. The highest BCUT2D eigenvalue weighted by Gasteiger charge is 2.23. The summed E-state index contributed by atoms with van der Waals surface area (Å²) in [4.78, 5) is 0. The first kappa shape index (κ1) is 10.4. The molecule has 7 nitrogen and oxygen atoms in total. The van der Waals surface area contributed by atoms with Crippen molar-refractivity contribution >= 4 is 0 Å². The third kappa shape index (κ3) is 1.93. The highest BCUT2D eigenvalue weighted by atomic mass is 15.5. The Bertz CT molecular complexity index is 487. The molecule has 0 aliphatic heterocycles. The number of hydrogen-bond donors (Lipinski definition) is 2. The fraction of sp³-hybridized carbons (Fsp3) is 0.600. The number of nitrogens with zero attached hydrogens (tertiary/aromatic N) is 5. The molecule has 0 amide bonds. The monoisotopic (exact) mass is 233 g/mol. The van der Waals surface area contributed by atoms with Crippen LogP contribution in [0, 0.1) is 0 Å². The number of nitrogens with one attached hydrogen (secondary N) is 2. The van der Waals surface area contributed by atoms with E-state index in [2.05, 4.69) is 31.0 Å². The van der Waals surface area contributed by atoms with Crippen LogP contribution in [0.1, 0.15) is 36.0 Å². The Morgan fingerprint density at radius 2 is 2.53 bits per heavy atom. The number of tetrazole rings is 1. The average Bonchev–Trinajstić information content (AvgIpc) is 2.97. The predicted octanol–water partition coefficient (Wildman–Crippen LogP) is 0.100. The maximum absolute atomic E-state index is 4.32. The fourth-order valence-corrected chi connectivity index (χ4v) is 2.39. The minimum Gasteiger partial charge on any atom is -0.303 e. The molecule has 1 aliphatic carbocycles. The molecular formula is C10H15N7. The van der Waals surface area contributed by atoms with Crippen molar-refractivity contribution in [3.8, 4) is 0 Å². The molecule has 2 heterocycles. The number of fused-ring (bicyclic) bond motifs is 1. The van der Waals surface area contributed by atoms with E-state index in [1.54, 1.807) is 0 Å². The molecule has 1 unspecified atom stereocenters. The van der Waals surface area contributed by atoms with Crippen LogP contribution in [0.3, 0.4) is 0 Å². The number of aryl methyl sites for hydroxylation is 1. The van der Waals surface area contributed by atoms with Crippen LogP contribution in [0.25, 0.3) is 0 Å². The SMILES string of the molecule is Cn1ncc2c1CCCC2NCc1nn[nH]n1. The zero-order valence-corrected chi connectivity index (χ0v) is 9.72. The van der Waals surface area contributed by atoms with Gasteiger partial charge >= 0.3 is 0 Å². The van der Waals surface area contributed by atoms with Crippen LogP contribution in [-0.2, 0) is 20.0 Å². The van der Waals surface area contributed by atoms with Crippen LogP contribution in [0.2, 0.25) is 0 Å². The van der Waals surface area contributed by atoms with Crippen molar-refractivity contribution in [2.75, 3.05) is 0 Å². The Labute approximate surface area is 98.6 Å². The largest absolute Gasteiger partial charge is 0.303 e. The van der Waals surface area contributed by atoms with Crippen LogP contribution in [0.15, 0.2) is 6.20 Å². The first-order chi connectivity index (χ1) is 8.34. The molecule has 17 heavy (non-hydrogen) atoms. The van der Waals surface area contributed by atoms with E-state index in [1.165, 1.54) is 17.7 Å². The van der Waals surface area contributed by atoms with E-state index in [4.69, 9.17) is 0 Å². The van der Waals surface area contributed by atoms with Gasteiger partial charge in [0.1, 0.15) is 0 Å². The van der Waals surface area contributed by atoms with Gasteiger partial charge in [-0.1, -0.05) is 5.21 Å². The summed E-state index contributed by atoms with van der Waals surface area (Å²) in [5.41, 5.74) is 2.64. The lowest BCUT2D eigenvalue weighted by Gasteiger charge is -2.23. The highest BCUT2D eigenvalue weighted by molar-refractivity contribution is 5.24. The lowest BCUT2D eigenvalue weighted by atomic mass is 9.93. The minimum absolute atomic E-state index is 0.353. The maximum Gasteiger partial charge on any atom is 0.188 e. The molecule has 0 saturated heterocycles. The lowest BCUT2D eigenvalue weighted by molar-refractivity contribution is 0.446. The smallest absolute Gasteiger partial charge is 0.188 e. The molecular weight excluding hydrogens is 218 g/mol. The molecule has 2 aromatic rings. The highest BCUT2D eigenvalue weighted by Crippen LogP contribution is 2.29. The summed E-state index contributed by atoms with van der Waals surface area (Å²) in [5, 5.41) is 21.6. The van der Waals surface area contributed by atoms with Crippen molar-refractivity contribution in [2.45, 2.75) is 31.8 Å². The Balaban J connectivity index is 1.72. The molecule has 3 rings (SSSR count). The first-order valence-electron chi connectivity index (χ1n) is 5.81. The molecule has 0 saturated carbocycles. The standard InChI is InChI=1S/C10H15N7/c1-17-9-4-2-3-8(7(9)5-12-17)11-6-10-13-15-16-14-10/h5,8,11H,2-4,6H2,1H3,(H,13,14,15,16). The number of aromatic nitrogens is 6. The second-order valence-electron chi connectivity index (χ2n) is 4.32. The number of aromatic amines is 1. The Hall–Kier alpha value is -1.76. The van der Waals surface area contributed by atoms with Crippen LogP contribution in [0.5, 0.6) is 0 Å². The molecule has 0 spiro atoms. The molecule has 0 radical (unpaired) electrons. The first-order valence-corrected chi connectivity index (χ1v) is 5.81. The third-order valence-corrected chi connectivity index (χ3v) is 3.27. The predicted molar refractivity (Wildman–Crippen MR) is 59.9 cm³/mol. The van der Waals surface area contributed by atoms with E-state index in [-0.39, 0.29) is 0 Å². The molecule has 1 aliphatic rings. The Kier molecular flexibility index (Phi) is 2.60. The second kappa shape index (κ2) is 4.25. The van der Waals surface area contributed by atoms with Gasteiger partial charge in [-0.25, -0.2) is 0 Å². The number of hydrogen-bond acceptors (Lipinski definition) is 5. The summed E-state index contributed by atoms with van der Waals surface area (Å²) in [5.74, 6) is 0.695. The molecule has 0 fully saturated rings. The minimum atomic E-state index is 0.353. The zero-order valence-electron chi connectivity index (χ0n) is 9.72. The van der Waals surface area contributed by atoms with E-state index in [0.29, 0.717) is 18.4 Å². The Morgan fingerprint density at radius 3 is 3.35 bits per heavy atom. The van der Waals surface area contributed by atoms with Gasteiger partial charge in [0, 0.05) is 24.3 Å². The van der Waals surface area contributed by atoms with Crippen LogP contribution < -0.4 is 5.32 Å². The van der Waals surface area contributed by atoms with Gasteiger partial charge in [0.05, 0.1) is 12.7 Å².